The topological polar surface area (TPSA) is 9.23 Å². The smallest absolute Gasteiger partial charge is 0.136 e. The zero-order valence-electron chi connectivity index (χ0n) is 28.4. The van der Waals surface area contributed by atoms with Crippen LogP contribution in [0.4, 0.5) is 0 Å². The highest BCUT2D eigenvalue weighted by Gasteiger charge is 2.46. The Labute approximate surface area is 303 Å². The van der Waals surface area contributed by atoms with Gasteiger partial charge in [0.1, 0.15) is 11.5 Å². The number of benzene rings is 9. The van der Waals surface area contributed by atoms with Crippen LogP contribution in [0.25, 0.3) is 66.1 Å². The van der Waals surface area contributed by atoms with E-state index in [0.717, 1.165) is 22.6 Å². The van der Waals surface area contributed by atoms with Crippen LogP contribution < -0.4 is 4.74 Å². The summed E-state index contributed by atoms with van der Waals surface area (Å²) in [6.45, 7) is 0. The summed E-state index contributed by atoms with van der Waals surface area (Å²) in [6.07, 6.45) is 0. The van der Waals surface area contributed by atoms with Gasteiger partial charge in [-0.05, 0) is 102 Å². The Balaban J connectivity index is 1.12. The Morgan fingerprint density at radius 3 is 1.65 bits per heavy atom. The molecule has 242 valence electrons. The van der Waals surface area contributed by atoms with Crippen LogP contribution in [-0.2, 0) is 5.41 Å². The highest BCUT2D eigenvalue weighted by molar-refractivity contribution is 6.10. The van der Waals surface area contributed by atoms with Crippen molar-refractivity contribution >= 4 is 21.5 Å². The molecule has 1 heteroatoms. The average molecular weight is 661 g/mol. The van der Waals surface area contributed by atoms with Gasteiger partial charge in [-0.15, -0.1) is 0 Å². The summed E-state index contributed by atoms with van der Waals surface area (Å²) in [5.41, 5.74) is 14.5. The van der Waals surface area contributed by atoms with Crippen molar-refractivity contribution in [3.63, 3.8) is 0 Å². The van der Waals surface area contributed by atoms with Gasteiger partial charge in [0.15, 0.2) is 0 Å². The second kappa shape index (κ2) is 11.2. The molecule has 0 aromatic heterocycles. The summed E-state index contributed by atoms with van der Waals surface area (Å²) in [4.78, 5) is 0. The number of para-hydroxylation sites is 1. The largest absolute Gasteiger partial charge is 0.456 e. The molecule has 2 aliphatic rings. The van der Waals surface area contributed by atoms with E-state index in [1.54, 1.807) is 0 Å². The molecule has 0 fully saturated rings. The average Bonchev–Trinajstić information content (AvgIpc) is 3.51. The first-order valence-corrected chi connectivity index (χ1v) is 18.0. The van der Waals surface area contributed by atoms with Crippen molar-refractivity contribution in [1.29, 1.82) is 0 Å². The van der Waals surface area contributed by atoms with E-state index in [1.165, 1.54) is 77.2 Å². The molecule has 0 N–H and O–H groups in total. The molecule has 9 aromatic carbocycles. The van der Waals surface area contributed by atoms with Crippen LogP contribution >= 0.6 is 0 Å². The second-order valence-corrected chi connectivity index (χ2v) is 14.0. The Hall–Kier alpha value is -6.70. The number of ether oxygens (including phenoxy) is 1. The second-order valence-electron chi connectivity index (χ2n) is 14.0. The summed E-state index contributed by atoms with van der Waals surface area (Å²) in [5.74, 6) is 1.81. The molecular formula is C51H32O. The van der Waals surface area contributed by atoms with Gasteiger partial charge in [0.2, 0.25) is 0 Å². The molecule has 0 saturated heterocycles. The SMILES string of the molecule is c1ccc(C2(c3ccccc3)c3ccccc3-c3ccc(-c4ccc(-c5cc6c7c(cccc7c5)-c5ccccc5O6)c5ccccc45)cc32)cc1. The van der Waals surface area contributed by atoms with Gasteiger partial charge < -0.3 is 4.74 Å². The van der Waals surface area contributed by atoms with Gasteiger partial charge in [-0.1, -0.05) is 170 Å². The van der Waals surface area contributed by atoms with E-state index < -0.39 is 5.41 Å². The predicted octanol–water partition coefficient (Wildman–Crippen LogP) is 13.5. The number of rotatable bonds is 4. The first kappa shape index (κ1) is 29.1. The summed E-state index contributed by atoms with van der Waals surface area (Å²) in [7, 11) is 0. The predicted molar refractivity (Wildman–Crippen MR) is 215 cm³/mol. The molecule has 11 rings (SSSR count). The van der Waals surface area contributed by atoms with Crippen molar-refractivity contribution in [1.82, 2.24) is 0 Å². The minimum atomic E-state index is -0.440. The van der Waals surface area contributed by atoms with E-state index in [0.29, 0.717) is 0 Å². The van der Waals surface area contributed by atoms with E-state index >= 15 is 0 Å². The number of fused-ring (bicyclic) bond motifs is 6. The molecule has 9 aromatic rings. The van der Waals surface area contributed by atoms with Crippen LogP contribution in [0.3, 0.4) is 0 Å². The molecule has 0 atom stereocenters. The maximum absolute atomic E-state index is 6.58. The van der Waals surface area contributed by atoms with Crippen molar-refractivity contribution in [3.05, 3.63) is 216 Å². The van der Waals surface area contributed by atoms with Gasteiger partial charge in [-0.2, -0.15) is 0 Å². The van der Waals surface area contributed by atoms with Gasteiger partial charge in [-0.3, -0.25) is 0 Å². The first-order valence-electron chi connectivity index (χ1n) is 18.0. The molecule has 1 aliphatic heterocycles. The highest BCUT2D eigenvalue weighted by atomic mass is 16.5. The Morgan fingerprint density at radius 1 is 0.327 bits per heavy atom. The highest BCUT2D eigenvalue weighted by Crippen LogP contribution is 2.57. The molecule has 0 bridgehead atoms. The Bertz CT molecular complexity index is 2830. The van der Waals surface area contributed by atoms with Gasteiger partial charge >= 0.3 is 0 Å². The zero-order valence-corrected chi connectivity index (χ0v) is 28.4. The number of hydrogen-bond acceptors (Lipinski definition) is 1. The van der Waals surface area contributed by atoms with Crippen molar-refractivity contribution in [2.24, 2.45) is 0 Å². The third kappa shape index (κ3) is 4.05. The van der Waals surface area contributed by atoms with Gasteiger partial charge in [-0.25, -0.2) is 0 Å². The maximum Gasteiger partial charge on any atom is 0.136 e. The standard InChI is InChI=1S/C51H32O/c1-3-15-36(16-4-1)51(37-17-5-2-6-18-37)46-24-11-9-21-42(46)43-27-26-33(31-47(43)51)38-28-29-39(41-20-8-7-19-40(38)41)35-30-34-14-13-23-45-44-22-10-12-25-48(44)52-49(32-35)50(34)45/h1-32H. The minimum absolute atomic E-state index is 0.440. The van der Waals surface area contributed by atoms with Crippen molar-refractivity contribution in [2.75, 3.05) is 0 Å². The van der Waals surface area contributed by atoms with Gasteiger partial charge in [0.25, 0.3) is 0 Å². The molecule has 1 heterocycles. The minimum Gasteiger partial charge on any atom is -0.456 e. The molecule has 1 nitrogen and oxygen atoms in total. The Kier molecular flexibility index (Phi) is 6.23. The summed E-state index contributed by atoms with van der Waals surface area (Å²) >= 11 is 0. The monoisotopic (exact) mass is 660 g/mol. The summed E-state index contributed by atoms with van der Waals surface area (Å²) in [5, 5.41) is 4.81. The van der Waals surface area contributed by atoms with E-state index in [-0.39, 0.29) is 0 Å². The fourth-order valence-corrected chi connectivity index (χ4v) is 9.16. The van der Waals surface area contributed by atoms with Crippen molar-refractivity contribution in [2.45, 2.75) is 5.41 Å². The lowest BCUT2D eigenvalue weighted by atomic mass is 9.67. The lowest BCUT2D eigenvalue weighted by Crippen LogP contribution is -2.28. The third-order valence-corrected chi connectivity index (χ3v) is 11.3. The first-order chi connectivity index (χ1) is 25.8. The van der Waals surface area contributed by atoms with Crippen molar-refractivity contribution in [3.8, 4) is 56.0 Å². The molecule has 0 saturated carbocycles. The van der Waals surface area contributed by atoms with E-state index in [1.807, 2.05) is 6.07 Å². The number of hydrogen-bond donors (Lipinski definition) is 0. The maximum atomic E-state index is 6.58. The van der Waals surface area contributed by atoms with Crippen LogP contribution in [0.15, 0.2) is 194 Å². The van der Waals surface area contributed by atoms with E-state index in [4.69, 9.17) is 4.74 Å². The fourth-order valence-electron chi connectivity index (χ4n) is 9.16. The summed E-state index contributed by atoms with van der Waals surface area (Å²) < 4.78 is 6.58. The third-order valence-electron chi connectivity index (χ3n) is 11.3. The molecule has 1 aliphatic carbocycles. The quantitative estimate of drug-likeness (QED) is 0.183. The lowest BCUT2D eigenvalue weighted by molar-refractivity contribution is 0.487. The molecule has 0 radical (unpaired) electrons. The van der Waals surface area contributed by atoms with Crippen LogP contribution in [0.2, 0.25) is 0 Å². The molecule has 52 heavy (non-hydrogen) atoms. The molecular weight excluding hydrogens is 629 g/mol. The van der Waals surface area contributed by atoms with Gasteiger partial charge in [0.05, 0.1) is 5.41 Å². The molecule has 0 amide bonds. The Morgan fingerprint density at radius 2 is 0.904 bits per heavy atom. The fraction of sp³-hybridized carbons (Fsp3) is 0.0196. The normalized spacial score (nSPS) is 13.3. The zero-order chi connectivity index (χ0) is 34.2. The van der Waals surface area contributed by atoms with E-state index in [9.17, 15) is 0 Å². The van der Waals surface area contributed by atoms with Crippen LogP contribution in [0.5, 0.6) is 11.5 Å². The van der Waals surface area contributed by atoms with Crippen LogP contribution in [0.1, 0.15) is 22.3 Å². The van der Waals surface area contributed by atoms with Crippen LogP contribution in [0, 0.1) is 0 Å². The molecule has 0 spiro atoms. The van der Waals surface area contributed by atoms with Crippen LogP contribution in [-0.4, -0.2) is 0 Å². The lowest BCUT2D eigenvalue weighted by Gasteiger charge is -2.34. The van der Waals surface area contributed by atoms with Crippen molar-refractivity contribution < 1.29 is 4.74 Å². The molecule has 0 unspecified atom stereocenters. The van der Waals surface area contributed by atoms with E-state index in [2.05, 4.69) is 188 Å². The van der Waals surface area contributed by atoms with Gasteiger partial charge in [0, 0.05) is 10.9 Å². The summed E-state index contributed by atoms with van der Waals surface area (Å²) in [6, 6.07) is 71.1.